The van der Waals surface area contributed by atoms with E-state index in [4.69, 9.17) is 4.74 Å². The number of methoxy groups -OCH3 is 1. The van der Waals surface area contributed by atoms with E-state index < -0.39 is 6.17 Å². The maximum Gasteiger partial charge on any atom is 1.00 e. The average molecular weight is 706 g/mol. The Morgan fingerprint density at radius 2 is 1.69 bits per heavy atom. The van der Waals surface area contributed by atoms with Crippen molar-refractivity contribution < 1.29 is 127 Å². The summed E-state index contributed by atoms with van der Waals surface area (Å²) >= 11 is 1.59. The third kappa shape index (κ3) is 23.6. The zero-order valence-corrected chi connectivity index (χ0v) is 37.6. The summed E-state index contributed by atoms with van der Waals surface area (Å²) in [5, 5.41) is 11.6. The van der Waals surface area contributed by atoms with Gasteiger partial charge < -0.3 is 25.6 Å². The largest absolute Gasteiger partial charge is 1.00 e. The number of amides is 4. The van der Waals surface area contributed by atoms with Crippen molar-refractivity contribution in [3.8, 4) is 0 Å². The van der Waals surface area contributed by atoms with Gasteiger partial charge in [0.15, 0.2) is 5.91 Å². The SMILES string of the molecule is CCC.CCCCSC1CC(=O)N(CCCCCC(=O)N(C)C([N-]CC(=O)NCC(C[N-]CC(C)C)OC)C(C)C)C1=O.[K+].[K+]. The molecule has 4 amide bonds. The molecule has 3 unspecified atom stereocenters. The first-order chi connectivity index (χ1) is 20.4. The molecule has 3 atom stereocenters. The van der Waals surface area contributed by atoms with E-state index in [0.29, 0.717) is 51.2 Å². The molecule has 1 heterocycles. The second-order valence-corrected chi connectivity index (χ2v) is 13.3. The summed E-state index contributed by atoms with van der Waals surface area (Å²) in [6.45, 7) is 16.6. The van der Waals surface area contributed by atoms with Gasteiger partial charge in [0, 0.05) is 40.1 Å². The second-order valence-electron chi connectivity index (χ2n) is 12.0. The quantitative estimate of drug-likeness (QED) is 0.0930. The third-order valence-electron chi connectivity index (χ3n) is 6.79. The van der Waals surface area contributed by atoms with Gasteiger partial charge in [-0.25, -0.2) is 0 Å². The molecule has 1 N–H and O–H groups in total. The summed E-state index contributed by atoms with van der Waals surface area (Å²) < 4.78 is 5.40. The molecule has 1 saturated heterocycles. The minimum Gasteiger partial charge on any atom is -0.660 e. The van der Waals surface area contributed by atoms with E-state index >= 15 is 0 Å². The molecular formula is C32H61K2N5O5S. The molecule has 0 aromatic rings. The number of carbonyl (C=O) groups excluding carboxylic acids is 4. The van der Waals surface area contributed by atoms with Crippen LogP contribution in [0.5, 0.6) is 0 Å². The summed E-state index contributed by atoms with van der Waals surface area (Å²) in [6, 6.07) is 0. The van der Waals surface area contributed by atoms with Crippen LogP contribution in [0.25, 0.3) is 10.6 Å². The Bertz CT molecular complexity index is 810. The molecule has 0 saturated carbocycles. The minimum atomic E-state index is -0.403. The van der Waals surface area contributed by atoms with Crippen LogP contribution in [0.3, 0.4) is 0 Å². The van der Waals surface area contributed by atoms with Crippen molar-refractivity contribution in [1.82, 2.24) is 15.1 Å². The number of rotatable bonds is 22. The van der Waals surface area contributed by atoms with Gasteiger partial charge in [-0.1, -0.05) is 86.4 Å². The van der Waals surface area contributed by atoms with Crippen molar-refractivity contribution in [2.45, 2.75) is 117 Å². The van der Waals surface area contributed by atoms with Crippen molar-refractivity contribution in [2.24, 2.45) is 11.8 Å². The molecule has 0 radical (unpaired) electrons. The first kappa shape index (κ1) is 51.0. The number of nitrogens with zero attached hydrogens (tertiary/aromatic N) is 4. The van der Waals surface area contributed by atoms with E-state index in [1.165, 1.54) is 11.3 Å². The Morgan fingerprint density at radius 1 is 1.04 bits per heavy atom. The number of thioether (sulfide) groups is 1. The van der Waals surface area contributed by atoms with Crippen LogP contribution in [0.2, 0.25) is 0 Å². The molecule has 10 nitrogen and oxygen atoms in total. The van der Waals surface area contributed by atoms with Gasteiger partial charge in [-0.3, -0.25) is 24.1 Å². The van der Waals surface area contributed by atoms with Gasteiger partial charge in [0.2, 0.25) is 17.7 Å². The van der Waals surface area contributed by atoms with E-state index in [-0.39, 0.29) is 150 Å². The Kier molecular flexibility index (Phi) is 35.7. The first-order valence-electron chi connectivity index (χ1n) is 16.2. The molecule has 0 aliphatic carbocycles. The normalized spacial score (nSPS) is 15.6. The maximum absolute atomic E-state index is 12.8. The van der Waals surface area contributed by atoms with Crippen molar-refractivity contribution in [3.05, 3.63) is 10.6 Å². The first-order valence-corrected chi connectivity index (χ1v) is 17.3. The second kappa shape index (κ2) is 31.6. The molecule has 252 valence electrons. The molecule has 0 spiro atoms. The van der Waals surface area contributed by atoms with Crippen LogP contribution < -0.4 is 108 Å². The van der Waals surface area contributed by atoms with Crippen LogP contribution in [0.1, 0.15) is 99.8 Å². The number of imide groups is 1. The third-order valence-corrected chi connectivity index (χ3v) is 8.08. The molecule has 1 aliphatic heterocycles. The number of nitrogens with one attached hydrogen (secondary N) is 1. The van der Waals surface area contributed by atoms with E-state index in [0.717, 1.165) is 31.6 Å². The van der Waals surface area contributed by atoms with Gasteiger partial charge in [-0.05, 0) is 30.9 Å². The summed E-state index contributed by atoms with van der Waals surface area (Å²) in [5.41, 5.74) is 0. The topological polar surface area (TPSA) is 124 Å². The van der Waals surface area contributed by atoms with Crippen LogP contribution in [0, 0.1) is 11.8 Å². The molecule has 0 bridgehead atoms. The van der Waals surface area contributed by atoms with E-state index in [1.807, 2.05) is 13.8 Å². The van der Waals surface area contributed by atoms with E-state index in [9.17, 15) is 19.2 Å². The van der Waals surface area contributed by atoms with Crippen LogP contribution in [0.4, 0.5) is 0 Å². The van der Waals surface area contributed by atoms with Crippen molar-refractivity contribution in [2.75, 3.05) is 52.6 Å². The predicted octanol–water partition coefficient (Wildman–Crippen LogP) is -0.393. The molecule has 1 aliphatic rings. The van der Waals surface area contributed by atoms with Crippen LogP contribution in [0.15, 0.2) is 0 Å². The van der Waals surface area contributed by atoms with Gasteiger partial charge in [0.25, 0.3) is 0 Å². The van der Waals surface area contributed by atoms with Gasteiger partial charge in [0.1, 0.15) is 0 Å². The summed E-state index contributed by atoms with van der Waals surface area (Å²) in [6.07, 6.45) is 5.55. The minimum absolute atomic E-state index is 0. The van der Waals surface area contributed by atoms with Crippen LogP contribution in [-0.2, 0) is 23.9 Å². The fraction of sp³-hybridized carbons (Fsp3) is 0.875. The Labute approximate surface area is 364 Å². The number of hydrogen-bond donors (Lipinski definition) is 1. The number of ether oxygens (including phenoxy) is 1. The summed E-state index contributed by atoms with van der Waals surface area (Å²) in [4.78, 5) is 53.1. The van der Waals surface area contributed by atoms with Crippen LogP contribution >= 0.6 is 11.8 Å². The van der Waals surface area contributed by atoms with Crippen molar-refractivity contribution >= 4 is 35.4 Å². The standard InChI is InChI=1S/C29H53N5O5S.C3H8.2K/c1-8-9-15-40-24-16-27(37)34(29(24)38)14-12-10-11-13-26(36)33(6)28(22(4)5)32-20-25(35)31-19-23(39-7)18-30-17-21(2)3;1-3-2;;/h21-24,28H,8-20H2,1-7H3,(H,31,35);3H2,1-2H3;;/q-2;;2*+1. The number of carbonyl (C=O) groups is 4. The van der Waals surface area contributed by atoms with E-state index in [1.54, 1.807) is 30.8 Å². The molecule has 45 heavy (non-hydrogen) atoms. The fourth-order valence-corrected chi connectivity index (χ4v) is 5.64. The van der Waals surface area contributed by atoms with Gasteiger partial charge in [-0.15, -0.1) is 24.9 Å². The van der Waals surface area contributed by atoms with Crippen LogP contribution in [-0.4, -0.2) is 104 Å². The van der Waals surface area contributed by atoms with Gasteiger partial charge in [0.05, 0.1) is 11.4 Å². The number of likely N-dealkylation sites (tertiary alicyclic amines) is 1. The molecule has 0 aromatic carbocycles. The van der Waals surface area contributed by atoms with Crippen molar-refractivity contribution in [3.63, 3.8) is 0 Å². The smallest absolute Gasteiger partial charge is 0.660 e. The molecule has 13 heteroatoms. The predicted molar refractivity (Wildman–Crippen MR) is 178 cm³/mol. The maximum atomic E-state index is 12.8. The molecule has 1 fully saturated rings. The number of hydrogen-bond acceptors (Lipinski definition) is 6. The Balaban J connectivity index is -0.00000338. The Morgan fingerprint density at radius 3 is 2.24 bits per heavy atom. The average Bonchev–Trinajstić information content (AvgIpc) is 3.22. The monoisotopic (exact) mass is 705 g/mol. The number of unbranched alkanes of at least 4 members (excludes halogenated alkanes) is 3. The molecule has 1 rings (SSSR count). The van der Waals surface area contributed by atoms with Crippen molar-refractivity contribution in [1.29, 1.82) is 0 Å². The van der Waals surface area contributed by atoms with Gasteiger partial charge >= 0.3 is 103 Å². The zero-order chi connectivity index (χ0) is 32.8. The Hall–Kier alpha value is 1.58. The summed E-state index contributed by atoms with van der Waals surface area (Å²) in [5.74, 6) is 1.05. The van der Waals surface area contributed by atoms with E-state index in [2.05, 4.69) is 50.6 Å². The molecular weight excluding hydrogens is 645 g/mol. The zero-order valence-electron chi connectivity index (χ0n) is 30.5. The molecule has 0 aromatic heterocycles. The fourth-order valence-electron chi connectivity index (χ4n) is 4.37. The van der Waals surface area contributed by atoms with Gasteiger partial charge in [-0.2, -0.15) is 0 Å². The summed E-state index contributed by atoms with van der Waals surface area (Å²) in [7, 11) is 3.33.